The summed E-state index contributed by atoms with van der Waals surface area (Å²) < 4.78 is 11.3. The average Bonchev–Trinajstić information content (AvgIpc) is 3.11. The molecule has 146 valence electrons. The van der Waals surface area contributed by atoms with E-state index in [1.165, 1.54) is 25.6 Å². The molecule has 0 fully saturated rings. The van der Waals surface area contributed by atoms with Crippen LogP contribution in [0.5, 0.6) is 11.5 Å². The lowest BCUT2D eigenvalue weighted by Crippen LogP contribution is -2.27. The van der Waals surface area contributed by atoms with Gasteiger partial charge in [-0.2, -0.15) is 0 Å². The number of anilines is 1. The smallest absolute Gasteiger partial charge is 0.251 e. The number of benzene rings is 2. The van der Waals surface area contributed by atoms with Gasteiger partial charge in [-0.15, -0.1) is 0 Å². The average molecular weight is 399 g/mol. The van der Waals surface area contributed by atoms with Crippen LogP contribution in [0.2, 0.25) is 0 Å². The fourth-order valence-corrected chi connectivity index (χ4v) is 3.61. The number of nitrogens with zero attached hydrogens (tertiary/aromatic N) is 1. The molecule has 3 rings (SSSR count). The fraction of sp³-hybridized carbons (Fsp3) is 0.250. The molecule has 0 aliphatic carbocycles. The van der Waals surface area contributed by atoms with Crippen molar-refractivity contribution in [1.82, 2.24) is 10.3 Å². The molecule has 0 unspecified atom stereocenters. The van der Waals surface area contributed by atoms with Gasteiger partial charge in [0.05, 0.1) is 24.4 Å². The summed E-state index contributed by atoms with van der Waals surface area (Å²) in [5.41, 5.74) is 2.36. The minimum Gasteiger partial charge on any atom is -0.497 e. The molecule has 0 bridgehead atoms. The zero-order valence-electron chi connectivity index (χ0n) is 15.9. The molecule has 7 nitrogen and oxygen atoms in total. The molecule has 0 spiro atoms. The van der Waals surface area contributed by atoms with Gasteiger partial charge in [-0.1, -0.05) is 23.5 Å². The zero-order chi connectivity index (χ0) is 20.1. The molecular formula is C20H21N3O4S. The third-order valence-electron chi connectivity index (χ3n) is 4.12. The van der Waals surface area contributed by atoms with Crippen molar-refractivity contribution in [3.8, 4) is 11.5 Å². The van der Waals surface area contributed by atoms with E-state index >= 15 is 0 Å². The maximum Gasteiger partial charge on any atom is 0.251 e. The Balaban J connectivity index is 1.54. The van der Waals surface area contributed by atoms with E-state index in [4.69, 9.17) is 9.47 Å². The Hall–Kier alpha value is -3.13. The highest BCUT2D eigenvalue weighted by Crippen LogP contribution is 2.28. The SMILES string of the molecule is COc1cc(OC)cc(C(=O)NCCC(=O)Nc2nc3c(C)cccc3s2)c1. The normalized spacial score (nSPS) is 10.5. The predicted molar refractivity (Wildman–Crippen MR) is 109 cm³/mol. The first-order valence-electron chi connectivity index (χ1n) is 8.67. The van der Waals surface area contributed by atoms with Crippen LogP contribution in [0.3, 0.4) is 0 Å². The highest BCUT2D eigenvalue weighted by Gasteiger charge is 2.12. The zero-order valence-corrected chi connectivity index (χ0v) is 16.7. The number of carbonyl (C=O) groups is 2. The van der Waals surface area contributed by atoms with E-state index in [9.17, 15) is 9.59 Å². The number of amides is 2. The van der Waals surface area contributed by atoms with Gasteiger partial charge in [0.1, 0.15) is 11.5 Å². The van der Waals surface area contributed by atoms with Gasteiger partial charge in [-0.05, 0) is 30.7 Å². The second-order valence-electron chi connectivity index (χ2n) is 6.10. The fourth-order valence-electron chi connectivity index (χ4n) is 2.65. The van der Waals surface area contributed by atoms with Gasteiger partial charge in [0, 0.05) is 24.6 Å². The number of para-hydroxylation sites is 1. The van der Waals surface area contributed by atoms with Crippen LogP contribution in [-0.4, -0.2) is 37.6 Å². The van der Waals surface area contributed by atoms with Crippen molar-refractivity contribution in [3.05, 3.63) is 47.5 Å². The van der Waals surface area contributed by atoms with Crippen molar-refractivity contribution in [2.45, 2.75) is 13.3 Å². The monoisotopic (exact) mass is 399 g/mol. The Bertz CT molecular complexity index is 994. The van der Waals surface area contributed by atoms with E-state index in [1.807, 2.05) is 25.1 Å². The molecule has 1 aromatic heterocycles. The van der Waals surface area contributed by atoms with Crippen molar-refractivity contribution in [1.29, 1.82) is 0 Å². The third-order valence-corrected chi connectivity index (χ3v) is 5.05. The van der Waals surface area contributed by atoms with E-state index in [1.54, 1.807) is 18.2 Å². The van der Waals surface area contributed by atoms with Gasteiger partial charge in [0.15, 0.2) is 5.13 Å². The molecule has 0 saturated carbocycles. The molecule has 0 aliphatic rings. The Morgan fingerprint density at radius 3 is 2.46 bits per heavy atom. The quantitative estimate of drug-likeness (QED) is 0.636. The number of fused-ring (bicyclic) bond motifs is 1. The van der Waals surface area contributed by atoms with Gasteiger partial charge in [-0.25, -0.2) is 4.98 Å². The number of carbonyl (C=O) groups excluding carboxylic acids is 2. The van der Waals surface area contributed by atoms with Gasteiger partial charge in [0.2, 0.25) is 5.91 Å². The Morgan fingerprint density at radius 1 is 1.11 bits per heavy atom. The summed E-state index contributed by atoms with van der Waals surface area (Å²) in [5, 5.41) is 6.07. The maximum absolute atomic E-state index is 12.3. The Kier molecular flexibility index (Phi) is 6.10. The van der Waals surface area contributed by atoms with Crippen LogP contribution in [0.15, 0.2) is 36.4 Å². The minimum atomic E-state index is -0.305. The second kappa shape index (κ2) is 8.71. The number of aryl methyl sites for hydroxylation is 1. The maximum atomic E-state index is 12.3. The van der Waals surface area contributed by atoms with E-state index < -0.39 is 0 Å². The van der Waals surface area contributed by atoms with Crippen molar-refractivity contribution in [2.75, 3.05) is 26.1 Å². The molecule has 0 atom stereocenters. The minimum absolute atomic E-state index is 0.141. The molecule has 8 heteroatoms. The topological polar surface area (TPSA) is 89.5 Å². The summed E-state index contributed by atoms with van der Waals surface area (Å²) in [7, 11) is 3.04. The molecule has 0 saturated heterocycles. The second-order valence-corrected chi connectivity index (χ2v) is 7.13. The molecule has 2 aromatic carbocycles. The van der Waals surface area contributed by atoms with E-state index in [0.717, 1.165) is 15.8 Å². The van der Waals surface area contributed by atoms with Crippen molar-refractivity contribution in [2.24, 2.45) is 0 Å². The molecule has 3 aromatic rings. The van der Waals surface area contributed by atoms with Gasteiger partial charge in [-0.3, -0.25) is 9.59 Å². The first-order chi connectivity index (χ1) is 13.5. The molecule has 0 radical (unpaired) electrons. The standard InChI is InChI=1S/C20H21N3O4S/c1-12-5-4-6-16-18(12)23-20(28-16)22-17(24)7-8-21-19(25)13-9-14(26-2)11-15(10-13)27-3/h4-6,9-11H,7-8H2,1-3H3,(H,21,25)(H,22,23,24). The van der Waals surface area contributed by atoms with Crippen LogP contribution in [0.25, 0.3) is 10.2 Å². The number of thiazole rings is 1. The number of nitrogens with one attached hydrogen (secondary N) is 2. The molecule has 2 amide bonds. The lowest BCUT2D eigenvalue weighted by molar-refractivity contribution is -0.116. The molecular weight excluding hydrogens is 378 g/mol. The van der Waals surface area contributed by atoms with Crippen molar-refractivity contribution < 1.29 is 19.1 Å². The van der Waals surface area contributed by atoms with Crippen molar-refractivity contribution >= 4 is 38.5 Å². The molecule has 2 N–H and O–H groups in total. The number of hydrogen-bond acceptors (Lipinski definition) is 6. The number of rotatable bonds is 7. The van der Waals surface area contributed by atoms with Crippen LogP contribution < -0.4 is 20.1 Å². The Labute approximate surface area is 166 Å². The summed E-state index contributed by atoms with van der Waals surface area (Å²) in [6.45, 7) is 2.19. The lowest BCUT2D eigenvalue weighted by Gasteiger charge is -2.09. The van der Waals surface area contributed by atoms with Gasteiger partial charge < -0.3 is 20.1 Å². The number of methoxy groups -OCH3 is 2. The number of hydrogen-bond donors (Lipinski definition) is 2. The van der Waals surface area contributed by atoms with Crippen LogP contribution in [-0.2, 0) is 4.79 Å². The van der Waals surface area contributed by atoms with E-state index in [0.29, 0.717) is 22.2 Å². The molecule has 0 aliphatic heterocycles. The summed E-state index contributed by atoms with van der Waals surface area (Å²) in [5.74, 6) is 0.530. The summed E-state index contributed by atoms with van der Waals surface area (Å²) in [4.78, 5) is 28.9. The van der Waals surface area contributed by atoms with Crippen molar-refractivity contribution in [3.63, 3.8) is 0 Å². The highest BCUT2D eigenvalue weighted by atomic mass is 32.1. The van der Waals surface area contributed by atoms with Crippen LogP contribution in [0.1, 0.15) is 22.3 Å². The lowest BCUT2D eigenvalue weighted by atomic mass is 10.2. The predicted octanol–water partition coefficient (Wildman–Crippen LogP) is 3.38. The highest BCUT2D eigenvalue weighted by molar-refractivity contribution is 7.22. The first kappa shape index (κ1) is 19.6. The first-order valence-corrected chi connectivity index (χ1v) is 9.49. The van der Waals surface area contributed by atoms with Gasteiger partial charge >= 0.3 is 0 Å². The Morgan fingerprint density at radius 2 is 1.82 bits per heavy atom. The summed E-state index contributed by atoms with van der Waals surface area (Å²) >= 11 is 1.43. The molecule has 28 heavy (non-hydrogen) atoms. The largest absolute Gasteiger partial charge is 0.497 e. The third kappa shape index (κ3) is 4.58. The summed E-state index contributed by atoms with van der Waals surface area (Å²) in [6.07, 6.45) is 0.141. The molecule has 1 heterocycles. The number of aromatic nitrogens is 1. The van der Waals surface area contributed by atoms with Crippen LogP contribution in [0.4, 0.5) is 5.13 Å². The number of ether oxygens (including phenoxy) is 2. The van der Waals surface area contributed by atoms with E-state index in [2.05, 4.69) is 15.6 Å². The van der Waals surface area contributed by atoms with E-state index in [-0.39, 0.29) is 24.8 Å². The van der Waals surface area contributed by atoms with Gasteiger partial charge in [0.25, 0.3) is 5.91 Å². The summed E-state index contributed by atoms with van der Waals surface area (Å²) in [6, 6.07) is 10.8. The van der Waals surface area contributed by atoms with Crippen LogP contribution in [0, 0.1) is 6.92 Å². The van der Waals surface area contributed by atoms with Crippen LogP contribution >= 0.6 is 11.3 Å².